The van der Waals surface area contributed by atoms with Crippen LogP contribution in [0, 0.1) is 0 Å². The largest absolute Gasteiger partial charge is 0.317 e. The summed E-state index contributed by atoms with van der Waals surface area (Å²) in [6, 6.07) is 7.31. The van der Waals surface area contributed by atoms with Gasteiger partial charge in [0.05, 0.1) is 5.69 Å². The van der Waals surface area contributed by atoms with Crippen molar-refractivity contribution in [1.82, 2.24) is 15.2 Å². The maximum absolute atomic E-state index is 4.44. The average molecular weight is 219 g/mol. The number of likely N-dealkylation sites (tertiary alicyclic amines) is 1. The lowest BCUT2D eigenvalue weighted by atomic mass is 10.0. The molecule has 1 saturated heterocycles. The molecule has 1 aromatic heterocycles. The standard InChI is InChI=1S/C13H21N3/c1-11(13-5-3-4-8-15-13)16-9-6-12(14-2)7-10-16/h3-5,8,11-12,14H,6-7,9-10H2,1-2H3. The molecule has 1 atom stereocenters. The van der Waals surface area contributed by atoms with Gasteiger partial charge in [0.15, 0.2) is 0 Å². The highest BCUT2D eigenvalue weighted by Gasteiger charge is 2.22. The number of aromatic nitrogens is 1. The van der Waals surface area contributed by atoms with Crippen molar-refractivity contribution in [3.05, 3.63) is 30.1 Å². The van der Waals surface area contributed by atoms with Gasteiger partial charge in [-0.15, -0.1) is 0 Å². The second-order valence-electron chi connectivity index (χ2n) is 4.53. The van der Waals surface area contributed by atoms with Gasteiger partial charge in [-0.3, -0.25) is 9.88 Å². The van der Waals surface area contributed by atoms with E-state index in [4.69, 9.17) is 0 Å². The first-order valence-corrected chi connectivity index (χ1v) is 6.13. The van der Waals surface area contributed by atoms with E-state index in [2.05, 4.69) is 41.3 Å². The maximum Gasteiger partial charge on any atom is 0.0572 e. The van der Waals surface area contributed by atoms with Gasteiger partial charge in [0, 0.05) is 31.4 Å². The Bertz CT molecular complexity index is 304. The zero-order valence-electron chi connectivity index (χ0n) is 10.2. The van der Waals surface area contributed by atoms with Crippen molar-refractivity contribution in [3.63, 3.8) is 0 Å². The van der Waals surface area contributed by atoms with Crippen molar-refractivity contribution in [2.75, 3.05) is 20.1 Å². The second-order valence-corrected chi connectivity index (χ2v) is 4.53. The topological polar surface area (TPSA) is 28.2 Å². The molecule has 3 heteroatoms. The van der Waals surface area contributed by atoms with Crippen LogP contribution in [0.5, 0.6) is 0 Å². The molecule has 1 aromatic rings. The van der Waals surface area contributed by atoms with E-state index in [0.717, 1.165) is 0 Å². The van der Waals surface area contributed by atoms with Crippen LogP contribution in [0.25, 0.3) is 0 Å². The molecule has 1 N–H and O–H groups in total. The summed E-state index contributed by atoms with van der Waals surface area (Å²) >= 11 is 0. The van der Waals surface area contributed by atoms with Gasteiger partial charge in [0.2, 0.25) is 0 Å². The predicted molar refractivity (Wildman–Crippen MR) is 66.3 cm³/mol. The first-order chi connectivity index (χ1) is 7.81. The highest BCUT2D eigenvalue weighted by molar-refractivity contribution is 5.08. The highest BCUT2D eigenvalue weighted by atomic mass is 15.2. The summed E-state index contributed by atoms with van der Waals surface area (Å²) < 4.78 is 0. The van der Waals surface area contributed by atoms with Crippen LogP contribution >= 0.6 is 0 Å². The van der Waals surface area contributed by atoms with Crippen LogP contribution in [0.1, 0.15) is 31.5 Å². The normalized spacial score (nSPS) is 20.9. The van der Waals surface area contributed by atoms with Crippen molar-refractivity contribution < 1.29 is 0 Å². The van der Waals surface area contributed by atoms with Crippen molar-refractivity contribution in [2.45, 2.75) is 31.8 Å². The maximum atomic E-state index is 4.44. The van der Waals surface area contributed by atoms with Gasteiger partial charge >= 0.3 is 0 Å². The molecule has 0 aromatic carbocycles. The number of nitrogens with one attached hydrogen (secondary N) is 1. The molecule has 1 fully saturated rings. The van der Waals surface area contributed by atoms with Crippen molar-refractivity contribution in [2.24, 2.45) is 0 Å². The fraction of sp³-hybridized carbons (Fsp3) is 0.615. The fourth-order valence-electron chi connectivity index (χ4n) is 2.39. The third-order valence-electron chi connectivity index (χ3n) is 3.60. The molecule has 0 aliphatic carbocycles. The van der Waals surface area contributed by atoms with Gasteiger partial charge in [-0.25, -0.2) is 0 Å². The predicted octanol–water partition coefficient (Wildman–Crippen LogP) is 1.83. The molecule has 1 aliphatic heterocycles. The lowest BCUT2D eigenvalue weighted by molar-refractivity contribution is 0.153. The molecule has 3 nitrogen and oxygen atoms in total. The molecule has 0 spiro atoms. The number of piperidine rings is 1. The minimum absolute atomic E-state index is 0.444. The van der Waals surface area contributed by atoms with Crippen LogP contribution in [-0.4, -0.2) is 36.1 Å². The number of nitrogens with zero attached hydrogens (tertiary/aromatic N) is 2. The first kappa shape index (κ1) is 11.6. The van der Waals surface area contributed by atoms with Crippen LogP contribution in [0.15, 0.2) is 24.4 Å². The number of hydrogen-bond donors (Lipinski definition) is 1. The van der Waals surface area contributed by atoms with E-state index in [1.165, 1.54) is 31.6 Å². The zero-order valence-corrected chi connectivity index (χ0v) is 10.2. The summed E-state index contributed by atoms with van der Waals surface area (Å²) in [5.74, 6) is 0. The quantitative estimate of drug-likeness (QED) is 0.840. The van der Waals surface area contributed by atoms with Crippen molar-refractivity contribution in [1.29, 1.82) is 0 Å². The Kier molecular flexibility index (Phi) is 3.91. The van der Waals surface area contributed by atoms with Gasteiger partial charge in [-0.1, -0.05) is 6.07 Å². The Morgan fingerprint density at radius 3 is 2.69 bits per heavy atom. The Balaban J connectivity index is 1.94. The van der Waals surface area contributed by atoms with E-state index in [9.17, 15) is 0 Å². The van der Waals surface area contributed by atoms with Gasteiger partial charge in [-0.2, -0.15) is 0 Å². The van der Waals surface area contributed by atoms with E-state index in [0.29, 0.717) is 12.1 Å². The van der Waals surface area contributed by atoms with E-state index >= 15 is 0 Å². The lowest BCUT2D eigenvalue weighted by Gasteiger charge is -2.35. The number of rotatable bonds is 3. The Morgan fingerprint density at radius 1 is 1.38 bits per heavy atom. The smallest absolute Gasteiger partial charge is 0.0572 e. The SMILES string of the molecule is CNC1CCN(C(C)c2ccccn2)CC1. The third kappa shape index (κ3) is 2.60. The van der Waals surface area contributed by atoms with E-state index in [-0.39, 0.29) is 0 Å². The van der Waals surface area contributed by atoms with Crippen molar-refractivity contribution in [3.8, 4) is 0 Å². The van der Waals surface area contributed by atoms with Gasteiger partial charge in [0.1, 0.15) is 0 Å². The van der Waals surface area contributed by atoms with Crippen LogP contribution < -0.4 is 5.32 Å². The molecule has 0 bridgehead atoms. The van der Waals surface area contributed by atoms with Crippen LogP contribution in [0.3, 0.4) is 0 Å². The third-order valence-corrected chi connectivity index (χ3v) is 3.60. The molecular weight excluding hydrogens is 198 g/mol. The summed E-state index contributed by atoms with van der Waals surface area (Å²) in [4.78, 5) is 6.96. The molecule has 2 heterocycles. The van der Waals surface area contributed by atoms with Crippen molar-refractivity contribution >= 4 is 0 Å². The molecule has 16 heavy (non-hydrogen) atoms. The molecular formula is C13H21N3. The summed E-state index contributed by atoms with van der Waals surface area (Å²) in [5.41, 5.74) is 1.19. The monoisotopic (exact) mass is 219 g/mol. The van der Waals surface area contributed by atoms with Gasteiger partial charge in [-0.05, 0) is 38.9 Å². The highest BCUT2D eigenvalue weighted by Crippen LogP contribution is 2.22. The molecule has 1 aliphatic rings. The molecule has 1 unspecified atom stereocenters. The number of hydrogen-bond acceptors (Lipinski definition) is 3. The summed E-state index contributed by atoms with van der Waals surface area (Å²) in [6.07, 6.45) is 4.37. The average Bonchev–Trinajstić information content (AvgIpc) is 2.39. The minimum Gasteiger partial charge on any atom is -0.317 e. The summed E-state index contributed by atoms with van der Waals surface area (Å²) in [6.45, 7) is 4.59. The first-order valence-electron chi connectivity index (χ1n) is 6.13. The zero-order chi connectivity index (χ0) is 11.4. The molecule has 0 radical (unpaired) electrons. The van der Waals surface area contributed by atoms with E-state index < -0.39 is 0 Å². The van der Waals surface area contributed by atoms with E-state index in [1.54, 1.807) is 0 Å². The molecule has 88 valence electrons. The van der Waals surface area contributed by atoms with E-state index in [1.807, 2.05) is 12.3 Å². The lowest BCUT2D eigenvalue weighted by Crippen LogP contribution is -2.42. The van der Waals surface area contributed by atoms with Gasteiger partial charge in [0.25, 0.3) is 0 Å². The van der Waals surface area contributed by atoms with Crippen LogP contribution in [0.4, 0.5) is 0 Å². The second kappa shape index (κ2) is 5.41. The Hall–Kier alpha value is -0.930. The number of pyridine rings is 1. The fourth-order valence-corrected chi connectivity index (χ4v) is 2.39. The van der Waals surface area contributed by atoms with Crippen LogP contribution in [-0.2, 0) is 0 Å². The Labute approximate surface area is 97.9 Å². The molecule has 2 rings (SSSR count). The molecule has 0 amide bonds. The molecule has 0 saturated carbocycles. The van der Waals surface area contributed by atoms with Gasteiger partial charge < -0.3 is 5.32 Å². The minimum atomic E-state index is 0.444. The Morgan fingerprint density at radius 2 is 2.12 bits per heavy atom. The summed E-state index contributed by atoms with van der Waals surface area (Å²) in [5, 5.41) is 3.36. The summed E-state index contributed by atoms with van der Waals surface area (Å²) in [7, 11) is 2.06. The van der Waals surface area contributed by atoms with Crippen LogP contribution in [0.2, 0.25) is 0 Å².